The molecule has 7 heteroatoms. The van der Waals surface area contributed by atoms with Crippen LogP contribution in [0.5, 0.6) is 0 Å². The van der Waals surface area contributed by atoms with Crippen molar-refractivity contribution in [3.05, 3.63) is 23.8 Å². The van der Waals surface area contributed by atoms with E-state index < -0.39 is 58.4 Å². The van der Waals surface area contributed by atoms with Crippen LogP contribution in [0.4, 0.5) is 4.39 Å². The van der Waals surface area contributed by atoms with Crippen LogP contribution in [0.2, 0.25) is 0 Å². The van der Waals surface area contributed by atoms with Crippen molar-refractivity contribution in [2.75, 3.05) is 6.61 Å². The van der Waals surface area contributed by atoms with Gasteiger partial charge in [-0.05, 0) is 63.5 Å². The standard InChI is InChI=1S/C26H33FO6/c1-14-10-19-18-7-6-16-11-17(29)8-9-23(16,2)25(18,27)20(30)12-24(19,3)26(14,21(31)13-28)33-22(32)15-4-5-15/h8-9,11,14-15,18-20,28,30H,4-7,10,12-13H2,1-3H3/t14-,18?,19?,20-,23-,24-,25-,26-/m0/s1. The number of fused-ring (bicyclic) bond motifs is 5. The van der Waals surface area contributed by atoms with Gasteiger partial charge in [0, 0.05) is 22.7 Å². The van der Waals surface area contributed by atoms with Gasteiger partial charge in [-0.3, -0.25) is 14.4 Å². The monoisotopic (exact) mass is 460 g/mol. The lowest BCUT2D eigenvalue weighted by Crippen LogP contribution is -2.70. The fourth-order valence-corrected chi connectivity index (χ4v) is 8.08. The van der Waals surface area contributed by atoms with E-state index in [1.165, 1.54) is 12.2 Å². The van der Waals surface area contributed by atoms with E-state index >= 15 is 4.39 Å². The van der Waals surface area contributed by atoms with E-state index in [9.17, 15) is 24.6 Å². The Kier molecular flexibility index (Phi) is 4.91. The van der Waals surface area contributed by atoms with Crippen LogP contribution in [0.15, 0.2) is 23.8 Å². The molecular formula is C26H33FO6. The fraction of sp³-hybridized carbons (Fsp3) is 0.731. The van der Waals surface area contributed by atoms with Gasteiger partial charge in [0.25, 0.3) is 0 Å². The van der Waals surface area contributed by atoms with E-state index in [1.54, 1.807) is 13.0 Å². The summed E-state index contributed by atoms with van der Waals surface area (Å²) in [6.45, 7) is 4.63. The van der Waals surface area contributed by atoms with Gasteiger partial charge in [-0.2, -0.15) is 0 Å². The van der Waals surface area contributed by atoms with Crippen molar-refractivity contribution >= 4 is 17.5 Å². The SMILES string of the molecule is C[C@H]1CC2C3CCC4=CC(=O)C=C[C@]4(C)[C@@]3(F)[C@@H](O)C[C@]2(C)[C@@]1(OC(=O)C1CC1)C(=O)CO. The van der Waals surface area contributed by atoms with E-state index in [1.807, 2.05) is 13.8 Å². The van der Waals surface area contributed by atoms with E-state index in [2.05, 4.69) is 0 Å². The van der Waals surface area contributed by atoms with Gasteiger partial charge in [0.15, 0.2) is 17.1 Å². The third kappa shape index (κ3) is 2.69. The third-order valence-corrected chi connectivity index (χ3v) is 9.91. The second-order valence-corrected chi connectivity index (χ2v) is 11.4. The zero-order chi connectivity index (χ0) is 24.0. The minimum absolute atomic E-state index is 0.0661. The highest BCUT2D eigenvalue weighted by Gasteiger charge is 2.77. The zero-order valence-corrected chi connectivity index (χ0v) is 19.5. The molecule has 0 amide bonds. The summed E-state index contributed by atoms with van der Waals surface area (Å²) < 4.78 is 23.2. The summed E-state index contributed by atoms with van der Waals surface area (Å²) in [4.78, 5) is 38.1. The van der Waals surface area contributed by atoms with Crippen molar-refractivity contribution in [2.45, 2.75) is 76.7 Å². The maximum absolute atomic E-state index is 17.2. The van der Waals surface area contributed by atoms with Gasteiger partial charge in [0.1, 0.15) is 6.61 Å². The molecule has 0 radical (unpaired) electrons. The predicted molar refractivity (Wildman–Crippen MR) is 117 cm³/mol. The largest absolute Gasteiger partial charge is 0.450 e. The molecule has 0 saturated heterocycles. The number of halogens is 1. The maximum Gasteiger partial charge on any atom is 0.309 e. The van der Waals surface area contributed by atoms with Gasteiger partial charge in [-0.1, -0.05) is 25.5 Å². The van der Waals surface area contributed by atoms with Crippen LogP contribution in [0.25, 0.3) is 0 Å². The third-order valence-electron chi connectivity index (χ3n) is 9.91. The molecule has 33 heavy (non-hydrogen) atoms. The number of rotatable bonds is 4. The van der Waals surface area contributed by atoms with Crippen LogP contribution >= 0.6 is 0 Å². The first-order valence-electron chi connectivity index (χ1n) is 12.1. The number of Topliss-reactive ketones (excluding diaryl/α,β-unsaturated/α-hetero) is 1. The van der Waals surface area contributed by atoms with Crippen LogP contribution in [0, 0.1) is 34.5 Å². The predicted octanol–water partition coefficient (Wildman–Crippen LogP) is 2.86. The summed E-state index contributed by atoms with van der Waals surface area (Å²) >= 11 is 0. The zero-order valence-electron chi connectivity index (χ0n) is 19.5. The molecule has 0 aliphatic heterocycles. The second kappa shape index (κ2) is 7.08. The van der Waals surface area contributed by atoms with Gasteiger partial charge in [0.2, 0.25) is 5.78 Å². The number of hydrogen-bond acceptors (Lipinski definition) is 6. The number of ketones is 2. The molecule has 0 aromatic carbocycles. The molecule has 5 aliphatic carbocycles. The first-order chi connectivity index (χ1) is 15.5. The number of hydrogen-bond donors (Lipinski definition) is 2. The van der Waals surface area contributed by atoms with Crippen molar-refractivity contribution in [1.29, 1.82) is 0 Å². The molecule has 0 spiro atoms. The van der Waals surface area contributed by atoms with Crippen LogP contribution in [0.1, 0.15) is 59.3 Å². The van der Waals surface area contributed by atoms with E-state index in [4.69, 9.17) is 4.74 Å². The smallest absolute Gasteiger partial charge is 0.309 e. The van der Waals surface area contributed by atoms with Gasteiger partial charge in [-0.15, -0.1) is 0 Å². The average Bonchev–Trinajstić information content (AvgIpc) is 3.58. The molecule has 2 N–H and O–H groups in total. The molecule has 0 aromatic rings. The molecule has 0 aromatic heterocycles. The minimum Gasteiger partial charge on any atom is -0.450 e. The average molecular weight is 461 g/mol. The number of carbonyl (C=O) groups excluding carboxylic acids is 3. The molecule has 5 rings (SSSR count). The summed E-state index contributed by atoms with van der Waals surface area (Å²) in [5.74, 6) is -2.74. The molecule has 180 valence electrons. The van der Waals surface area contributed by atoms with Crippen LogP contribution < -0.4 is 0 Å². The Morgan fingerprint density at radius 3 is 2.55 bits per heavy atom. The molecule has 8 atom stereocenters. The lowest BCUT2D eigenvalue weighted by molar-refractivity contribution is -0.228. The second-order valence-electron chi connectivity index (χ2n) is 11.4. The number of allylic oxidation sites excluding steroid dienone is 4. The highest BCUT2D eigenvalue weighted by molar-refractivity contribution is 6.01. The number of ether oxygens (including phenoxy) is 1. The molecule has 6 nitrogen and oxygen atoms in total. The Balaban J connectivity index is 1.61. The topological polar surface area (TPSA) is 101 Å². The van der Waals surface area contributed by atoms with Crippen LogP contribution in [-0.4, -0.2) is 51.7 Å². The van der Waals surface area contributed by atoms with E-state index in [0.29, 0.717) is 37.7 Å². The van der Waals surface area contributed by atoms with Crippen molar-refractivity contribution in [3.63, 3.8) is 0 Å². The number of alkyl halides is 1. The van der Waals surface area contributed by atoms with Crippen molar-refractivity contribution < 1.29 is 33.7 Å². The lowest BCUT2D eigenvalue weighted by Gasteiger charge is -2.62. The van der Waals surface area contributed by atoms with Crippen molar-refractivity contribution in [2.24, 2.45) is 34.5 Å². The Morgan fingerprint density at radius 1 is 1.21 bits per heavy atom. The highest BCUT2D eigenvalue weighted by Crippen LogP contribution is 2.71. The van der Waals surface area contributed by atoms with Gasteiger partial charge < -0.3 is 14.9 Å². The number of aliphatic hydroxyl groups is 2. The molecule has 0 heterocycles. The molecule has 4 saturated carbocycles. The molecular weight excluding hydrogens is 427 g/mol. The highest BCUT2D eigenvalue weighted by atomic mass is 19.1. The van der Waals surface area contributed by atoms with Crippen LogP contribution in [-0.2, 0) is 19.1 Å². The minimum atomic E-state index is -2.02. The van der Waals surface area contributed by atoms with Crippen LogP contribution in [0.3, 0.4) is 0 Å². The lowest BCUT2D eigenvalue weighted by atomic mass is 9.44. The summed E-state index contributed by atoms with van der Waals surface area (Å²) in [7, 11) is 0. The van der Waals surface area contributed by atoms with Crippen molar-refractivity contribution in [3.8, 4) is 0 Å². The van der Waals surface area contributed by atoms with Gasteiger partial charge in [0.05, 0.1) is 12.0 Å². The van der Waals surface area contributed by atoms with Crippen molar-refractivity contribution in [1.82, 2.24) is 0 Å². The Labute approximate surface area is 193 Å². The summed E-state index contributed by atoms with van der Waals surface area (Å²) in [6, 6.07) is 0. The number of carbonyl (C=O) groups is 3. The Bertz CT molecular complexity index is 983. The fourth-order valence-electron chi connectivity index (χ4n) is 8.08. The summed E-state index contributed by atoms with van der Waals surface area (Å²) in [5.41, 5.74) is -5.05. The molecule has 0 bridgehead atoms. The number of esters is 1. The first kappa shape index (κ1) is 22.9. The molecule has 4 fully saturated rings. The molecule has 2 unspecified atom stereocenters. The maximum atomic E-state index is 17.2. The first-order valence-corrected chi connectivity index (χ1v) is 12.1. The number of aliphatic hydroxyl groups excluding tert-OH is 2. The quantitative estimate of drug-likeness (QED) is 0.626. The summed E-state index contributed by atoms with van der Waals surface area (Å²) in [5, 5.41) is 21.3. The normalized spacial score (nSPS) is 48.4. The molecule has 5 aliphatic rings. The Hall–Kier alpha value is -1.86. The van der Waals surface area contributed by atoms with E-state index in [-0.39, 0.29) is 24.0 Å². The van der Waals surface area contributed by atoms with Gasteiger partial charge >= 0.3 is 5.97 Å². The Morgan fingerprint density at radius 2 is 1.91 bits per heavy atom. The summed E-state index contributed by atoms with van der Waals surface area (Å²) in [6.07, 6.45) is 5.83. The van der Waals surface area contributed by atoms with E-state index in [0.717, 1.165) is 0 Å². The van der Waals surface area contributed by atoms with Gasteiger partial charge in [-0.25, -0.2) is 4.39 Å².